The summed E-state index contributed by atoms with van der Waals surface area (Å²) in [7, 11) is 0. The fraction of sp³-hybridized carbons (Fsp3) is 0.357. The number of aliphatic hydroxyl groups excluding tert-OH is 1. The van der Waals surface area contributed by atoms with Crippen molar-refractivity contribution >= 4 is 5.91 Å². The van der Waals surface area contributed by atoms with Crippen LogP contribution in [-0.4, -0.2) is 27.5 Å². The molecule has 0 spiro atoms. The number of nitrogens with zero attached hydrogens (tertiary/aromatic N) is 2. The fourth-order valence-electron chi connectivity index (χ4n) is 2.36. The third-order valence-electron chi connectivity index (χ3n) is 3.39. The van der Waals surface area contributed by atoms with E-state index in [1.165, 1.54) is 11.2 Å². The number of hydrazine groups is 1. The van der Waals surface area contributed by atoms with Crippen molar-refractivity contribution in [3.8, 4) is 0 Å². The quantitative estimate of drug-likeness (QED) is 0.532. The van der Waals surface area contributed by atoms with Crippen LogP contribution in [0.15, 0.2) is 30.1 Å². The Hall–Kier alpha value is -2.05. The maximum Gasteiger partial charge on any atom is 0.220 e. The highest BCUT2D eigenvalue weighted by Crippen LogP contribution is 2.26. The molecule has 0 atom stereocenters. The summed E-state index contributed by atoms with van der Waals surface area (Å²) >= 11 is 0. The molecular formula is C14H20N4O2. The zero-order chi connectivity index (χ0) is 14.7. The lowest BCUT2D eigenvalue weighted by molar-refractivity contribution is -0.129. The summed E-state index contributed by atoms with van der Waals surface area (Å²) in [6.45, 7) is 3.10. The molecule has 1 aliphatic heterocycles. The minimum absolute atomic E-state index is 0.0705. The molecule has 0 aliphatic carbocycles. The van der Waals surface area contributed by atoms with Crippen molar-refractivity contribution in [2.24, 2.45) is 11.6 Å². The number of hydrogen-bond acceptors (Lipinski definition) is 5. The maximum atomic E-state index is 11.5. The van der Waals surface area contributed by atoms with Crippen molar-refractivity contribution in [2.75, 3.05) is 6.61 Å². The number of carbonyl (C=O) groups excluding carboxylic acids is 1. The number of rotatable bonds is 4. The molecule has 0 unspecified atom stereocenters. The molecule has 1 amide bonds. The molecule has 1 aliphatic rings. The Morgan fingerprint density at radius 2 is 2.25 bits per heavy atom. The monoisotopic (exact) mass is 276 g/mol. The van der Waals surface area contributed by atoms with E-state index < -0.39 is 0 Å². The number of fused-ring (bicyclic) bond motifs is 1. The molecular weight excluding hydrogens is 256 g/mol. The normalized spacial score (nSPS) is 14.3. The van der Waals surface area contributed by atoms with E-state index in [1.807, 2.05) is 18.2 Å². The number of aliphatic hydroxyl groups is 1. The Labute approximate surface area is 118 Å². The molecule has 1 aromatic carbocycles. The second-order valence-electron chi connectivity index (χ2n) is 4.96. The molecule has 1 heterocycles. The van der Waals surface area contributed by atoms with Crippen molar-refractivity contribution < 1.29 is 9.90 Å². The van der Waals surface area contributed by atoms with Gasteiger partial charge in [0.25, 0.3) is 0 Å². The summed E-state index contributed by atoms with van der Waals surface area (Å²) in [5, 5.41) is 10.3. The number of hydrogen-bond donors (Lipinski definition) is 3. The van der Waals surface area contributed by atoms with Crippen LogP contribution in [0.25, 0.3) is 0 Å². The van der Waals surface area contributed by atoms with Gasteiger partial charge in [0.05, 0.1) is 18.8 Å². The highest BCUT2D eigenvalue weighted by molar-refractivity contribution is 5.74. The molecule has 6 heteroatoms. The minimum atomic E-state index is -0.224. The van der Waals surface area contributed by atoms with Gasteiger partial charge in [-0.25, -0.2) is 5.84 Å². The van der Waals surface area contributed by atoms with Gasteiger partial charge in [-0.1, -0.05) is 18.2 Å². The van der Waals surface area contributed by atoms with Gasteiger partial charge in [0.1, 0.15) is 0 Å². The molecule has 0 aromatic heterocycles. The highest BCUT2D eigenvalue weighted by Gasteiger charge is 2.23. The highest BCUT2D eigenvalue weighted by atomic mass is 16.3. The van der Waals surface area contributed by atoms with E-state index in [0.29, 0.717) is 25.3 Å². The summed E-state index contributed by atoms with van der Waals surface area (Å²) in [6, 6.07) is 5.98. The van der Waals surface area contributed by atoms with E-state index in [-0.39, 0.29) is 12.5 Å². The summed E-state index contributed by atoms with van der Waals surface area (Å²) in [5.41, 5.74) is 9.22. The number of carbonyl (C=O) groups is 1. The van der Waals surface area contributed by atoms with Crippen molar-refractivity contribution in [3.63, 3.8) is 0 Å². The molecule has 0 fully saturated rings. The van der Waals surface area contributed by atoms with Crippen molar-refractivity contribution in [2.45, 2.75) is 26.6 Å². The van der Waals surface area contributed by atoms with Crippen LogP contribution in [0, 0.1) is 0 Å². The first-order valence-electron chi connectivity index (χ1n) is 6.44. The van der Waals surface area contributed by atoms with E-state index >= 15 is 0 Å². The molecule has 20 heavy (non-hydrogen) atoms. The van der Waals surface area contributed by atoms with Crippen molar-refractivity contribution in [3.05, 3.63) is 46.8 Å². The molecule has 1 aromatic rings. The Kier molecular flexibility index (Phi) is 4.26. The van der Waals surface area contributed by atoms with E-state index in [0.717, 1.165) is 16.7 Å². The van der Waals surface area contributed by atoms with Crippen LogP contribution < -0.4 is 11.6 Å². The van der Waals surface area contributed by atoms with Gasteiger partial charge < -0.3 is 20.7 Å². The van der Waals surface area contributed by atoms with E-state index in [1.54, 1.807) is 11.8 Å². The summed E-state index contributed by atoms with van der Waals surface area (Å²) < 4.78 is 0. The van der Waals surface area contributed by atoms with Crippen LogP contribution in [0.2, 0.25) is 0 Å². The largest absolute Gasteiger partial charge is 0.399 e. The smallest absolute Gasteiger partial charge is 0.220 e. The Morgan fingerprint density at radius 1 is 1.50 bits per heavy atom. The third-order valence-corrected chi connectivity index (χ3v) is 3.39. The molecule has 0 bridgehead atoms. The zero-order valence-electron chi connectivity index (χ0n) is 11.5. The summed E-state index contributed by atoms with van der Waals surface area (Å²) in [6.07, 6.45) is 1.51. The van der Waals surface area contributed by atoms with Gasteiger partial charge in [0.2, 0.25) is 5.91 Å². The van der Waals surface area contributed by atoms with Crippen molar-refractivity contribution in [1.82, 2.24) is 9.91 Å². The van der Waals surface area contributed by atoms with Crippen LogP contribution in [0.5, 0.6) is 0 Å². The lowest BCUT2D eigenvalue weighted by Crippen LogP contribution is -2.27. The van der Waals surface area contributed by atoms with E-state index in [4.69, 9.17) is 16.7 Å². The lowest BCUT2D eigenvalue weighted by Gasteiger charge is -2.17. The lowest BCUT2D eigenvalue weighted by atomic mass is 10.0. The Morgan fingerprint density at radius 3 is 2.90 bits per heavy atom. The molecule has 0 radical (unpaired) electrons. The number of benzene rings is 1. The third kappa shape index (κ3) is 3.09. The van der Waals surface area contributed by atoms with Crippen LogP contribution in [0.3, 0.4) is 0 Å². The van der Waals surface area contributed by atoms with Crippen molar-refractivity contribution in [1.29, 1.82) is 0 Å². The van der Waals surface area contributed by atoms with Crippen LogP contribution in [-0.2, 0) is 24.4 Å². The predicted octanol–water partition coefficient (Wildman–Crippen LogP) is 0.0168. The SMILES string of the molecule is CC(=O)N1Cc2cccc(CN(N)/C=C(\N)CO)c2C1. The number of nitrogens with two attached hydrogens (primary N) is 2. The molecule has 2 rings (SSSR count). The summed E-state index contributed by atoms with van der Waals surface area (Å²) in [5.74, 6) is 5.93. The van der Waals surface area contributed by atoms with E-state index in [9.17, 15) is 4.79 Å². The molecule has 0 saturated carbocycles. The van der Waals surface area contributed by atoms with Gasteiger partial charge >= 0.3 is 0 Å². The van der Waals surface area contributed by atoms with Crippen LogP contribution in [0.4, 0.5) is 0 Å². The van der Waals surface area contributed by atoms with Gasteiger partial charge in [0, 0.05) is 26.2 Å². The van der Waals surface area contributed by atoms with E-state index in [2.05, 4.69) is 0 Å². The summed E-state index contributed by atoms with van der Waals surface area (Å²) in [4.78, 5) is 13.3. The first-order chi connectivity index (χ1) is 9.51. The fourth-order valence-corrected chi connectivity index (χ4v) is 2.36. The van der Waals surface area contributed by atoms with Gasteiger partial charge in [-0.3, -0.25) is 4.79 Å². The van der Waals surface area contributed by atoms with Gasteiger partial charge in [-0.05, 0) is 16.7 Å². The minimum Gasteiger partial charge on any atom is -0.399 e. The average Bonchev–Trinajstić information content (AvgIpc) is 2.83. The zero-order valence-corrected chi connectivity index (χ0v) is 11.5. The molecule has 6 nitrogen and oxygen atoms in total. The second-order valence-corrected chi connectivity index (χ2v) is 4.96. The Bertz CT molecular complexity index is 542. The second kappa shape index (κ2) is 5.94. The number of amides is 1. The van der Waals surface area contributed by atoms with Crippen LogP contribution in [0.1, 0.15) is 23.6 Å². The van der Waals surface area contributed by atoms with Gasteiger partial charge in [-0.2, -0.15) is 0 Å². The molecule has 108 valence electrons. The maximum absolute atomic E-state index is 11.5. The topological polar surface area (TPSA) is 95.8 Å². The van der Waals surface area contributed by atoms with Crippen LogP contribution >= 0.6 is 0 Å². The van der Waals surface area contributed by atoms with Gasteiger partial charge in [-0.15, -0.1) is 0 Å². The molecule has 5 N–H and O–H groups in total. The predicted molar refractivity (Wildman–Crippen MR) is 75.5 cm³/mol. The Balaban J connectivity index is 2.16. The standard InChI is InChI=1S/C14H20N4O2/c1-10(20)17-5-11-3-2-4-12(14(11)8-17)6-18(16)7-13(15)9-19/h2-4,7,19H,5-6,8-9,15-16H2,1H3/b13-7-. The first kappa shape index (κ1) is 14.4. The first-order valence-corrected chi connectivity index (χ1v) is 6.44. The molecule has 0 saturated heterocycles. The average molecular weight is 276 g/mol. The van der Waals surface area contributed by atoms with Gasteiger partial charge in [0.15, 0.2) is 0 Å².